The minimum atomic E-state index is 0.226. The van der Waals surface area contributed by atoms with Gasteiger partial charge in [-0.25, -0.2) is 0 Å². The van der Waals surface area contributed by atoms with Crippen LogP contribution in [-0.4, -0.2) is 12.0 Å². The van der Waals surface area contributed by atoms with Crippen LogP contribution in [0.25, 0.3) is 10.9 Å². The van der Waals surface area contributed by atoms with Gasteiger partial charge in [0.15, 0.2) is 0 Å². The second-order valence-electron chi connectivity index (χ2n) is 4.20. The average Bonchev–Trinajstić information content (AvgIpc) is 2.94. The second kappa shape index (κ2) is 4.88. The molecule has 0 aliphatic rings. The van der Waals surface area contributed by atoms with E-state index in [4.69, 9.17) is 0 Å². The standard InChI is InChI=1S/C15H14N2S/c1-16-15(11-7-9-18-10-11)13-4-2-6-14-12(13)5-3-8-17-14/h2-10,15-16H,1H3. The molecule has 3 aromatic rings. The molecule has 3 rings (SSSR count). The lowest BCUT2D eigenvalue weighted by atomic mass is 9.97. The van der Waals surface area contributed by atoms with Gasteiger partial charge in [-0.3, -0.25) is 4.98 Å². The summed E-state index contributed by atoms with van der Waals surface area (Å²) in [7, 11) is 2.00. The average molecular weight is 254 g/mol. The van der Waals surface area contributed by atoms with E-state index < -0.39 is 0 Å². The predicted molar refractivity (Wildman–Crippen MR) is 77.0 cm³/mol. The van der Waals surface area contributed by atoms with Crippen LogP contribution in [0.5, 0.6) is 0 Å². The number of fused-ring (bicyclic) bond motifs is 1. The molecule has 1 unspecified atom stereocenters. The van der Waals surface area contributed by atoms with Crippen molar-refractivity contribution in [3.05, 3.63) is 64.5 Å². The van der Waals surface area contributed by atoms with Crippen LogP contribution in [0.3, 0.4) is 0 Å². The van der Waals surface area contributed by atoms with Gasteiger partial charge >= 0.3 is 0 Å². The van der Waals surface area contributed by atoms with Crippen molar-refractivity contribution in [2.24, 2.45) is 0 Å². The first-order chi connectivity index (χ1) is 8.90. The minimum Gasteiger partial charge on any atom is -0.309 e. The summed E-state index contributed by atoms with van der Waals surface area (Å²) in [5, 5.41) is 8.91. The molecule has 0 amide bonds. The molecule has 0 aliphatic carbocycles. The van der Waals surface area contributed by atoms with Gasteiger partial charge in [-0.1, -0.05) is 18.2 Å². The van der Waals surface area contributed by atoms with Crippen LogP contribution in [0, 0.1) is 0 Å². The van der Waals surface area contributed by atoms with E-state index in [-0.39, 0.29) is 6.04 Å². The van der Waals surface area contributed by atoms with Crippen molar-refractivity contribution in [3.8, 4) is 0 Å². The van der Waals surface area contributed by atoms with Crippen LogP contribution in [0.2, 0.25) is 0 Å². The van der Waals surface area contributed by atoms with Gasteiger partial charge in [-0.15, -0.1) is 0 Å². The fourth-order valence-corrected chi connectivity index (χ4v) is 3.01. The number of nitrogens with zero attached hydrogens (tertiary/aromatic N) is 1. The molecule has 0 spiro atoms. The third-order valence-corrected chi connectivity index (χ3v) is 3.86. The maximum Gasteiger partial charge on any atom is 0.0705 e. The molecule has 3 heteroatoms. The van der Waals surface area contributed by atoms with Crippen LogP contribution in [0.15, 0.2) is 53.4 Å². The van der Waals surface area contributed by atoms with E-state index >= 15 is 0 Å². The van der Waals surface area contributed by atoms with E-state index in [1.807, 2.05) is 19.3 Å². The van der Waals surface area contributed by atoms with Crippen molar-refractivity contribution in [2.75, 3.05) is 7.05 Å². The number of hydrogen-bond acceptors (Lipinski definition) is 3. The zero-order valence-electron chi connectivity index (χ0n) is 10.1. The van der Waals surface area contributed by atoms with E-state index in [2.05, 4.69) is 51.4 Å². The Labute approximate surface area is 110 Å². The summed E-state index contributed by atoms with van der Waals surface area (Å²) >= 11 is 1.73. The van der Waals surface area contributed by atoms with E-state index in [1.54, 1.807) is 11.3 Å². The Morgan fingerprint density at radius 1 is 1.17 bits per heavy atom. The van der Waals surface area contributed by atoms with Crippen molar-refractivity contribution in [2.45, 2.75) is 6.04 Å². The lowest BCUT2D eigenvalue weighted by molar-refractivity contribution is 0.699. The van der Waals surface area contributed by atoms with Crippen molar-refractivity contribution in [1.29, 1.82) is 0 Å². The summed E-state index contributed by atoms with van der Waals surface area (Å²) in [6.45, 7) is 0. The molecule has 1 aromatic carbocycles. The Bertz CT molecular complexity index is 641. The fraction of sp³-hybridized carbons (Fsp3) is 0.133. The molecule has 0 saturated heterocycles. The highest BCUT2D eigenvalue weighted by atomic mass is 32.1. The second-order valence-corrected chi connectivity index (χ2v) is 4.98. The summed E-state index contributed by atoms with van der Waals surface area (Å²) in [6.07, 6.45) is 1.84. The highest BCUT2D eigenvalue weighted by Crippen LogP contribution is 2.28. The number of benzene rings is 1. The van der Waals surface area contributed by atoms with Crippen LogP contribution >= 0.6 is 11.3 Å². The van der Waals surface area contributed by atoms with Gasteiger partial charge < -0.3 is 5.32 Å². The molecule has 0 radical (unpaired) electrons. The smallest absolute Gasteiger partial charge is 0.0705 e. The normalized spacial score (nSPS) is 12.7. The molecule has 0 bridgehead atoms. The summed E-state index contributed by atoms with van der Waals surface area (Å²) in [5.41, 5.74) is 3.63. The van der Waals surface area contributed by atoms with Gasteiger partial charge in [0.1, 0.15) is 0 Å². The molecule has 18 heavy (non-hydrogen) atoms. The highest BCUT2D eigenvalue weighted by molar-refractivity contribution is 7.08. The number of pyridine rings is 1. The first-order valence-corrected chi connectivity index (χ1v) is 6.87. The first kappa shape index (κ1) is 11.4. The monoisotopic (exact) mass is 254 g/mol. The van der Waals surface area contributed by atoms with Crippen molar-refractivity contribution in [3.63, 3.8) is 0 Å². The Morgan fingerprint density at radius 2 is 2.11 bits per heavy atom. The fourth-order valence-electron chi connectivity index (χ4n) is 2.32. The number of thiophene rings is 1. The lowest BCUT2D eigenvalue weighted by Crippen LogP contribution is -2.17. The number of hydrogen-bond donors (Lipinski definition) is 1. The molecule has 90 valence electrons. The molecule has 1 atom stereocenters. The van der Waals surface area contributed by atoms with Gasteiger partial charge in [0.2, 0.25) is 0 Å². The van der Waals surface area contributed by atoms with E-state index in [9.17, 15) is 0 Å². The lowest BCUT2D eigenvalue weighted by Gasteiger charge is -2.17. The van der Waals surface area contributed by atoms with Crippen molar-refractivity contribution >= 4 is 22.2 Å². The molecule has 0 saturated carbocycles. The van der Waals surface area contributed by atoms with Crippen molar-refractivity contribution in [1.82, 2.24) is 10.3 Å². The van der Waals surface area contributed by atoms with E-state index in [0.717, 1.165) is 5.52 Å². The molecular weight excluding hydrogens is 240 g/mol. The molecule has 0 fully saturated rings. The first-order valence-electron chi connectivity index (χ1n) is 5.93. The Kier molecular flexibility index (Phi) is 3.09. The molecular formula is C15H14N2S. The molecule has 2 aromatic heterocycles. The third kappa shape index (κ3) is 1.92. The van der Waals surface area contributed by atoms with E-state index in [0.29, 0.717) is 0 Å². The summed E-state index contributed by atoms with van der Waals surface area (Å²) in [4.78, 5) is 4.41. The topological polar surface area (TPSA) is 24.9 Å². The maximum atomic E-state index is 4.41. The number of nitrogens with one attached hydrogen (secondary N) is 1. The predicted octanol–water partition coefficient (Wildman–Crippen LogP) is 3.61. The summed E-state index contributed by atoms with van der Waals surface area (Å²) < 4.78 is 0. The largest absolute Gasteiger partial charge is 0.309 e. The van der Waals surface area contributed by atoms with E-state index in [1.165, 1.54) is 16.5 Å². The maximum absolute atomic E-state index is 4.41. The van der Waals surface area contributed by atoms with Crippen molar-refractivity contribution < 1.29 is 0 Å². The van der Waals surface area contributed by atoms with Crippen LogP contribution in [0.1, 0.15) is 17.2 Å². The van der Waals surface area contributed by atoms with Crippen LogP contribution in [-0.2, 0) is 0 Å². The van der Waals surface area contributed by atoms with Crippen LogP contribution in [0.4, 0.5) is 0 Å². The minimum absolute atomic E-state index is 0.226. The number of aromatic nitrogens is 1. The zero-order valence-corrected chi connectivity index (χ0v) is 10.9. The Morgan fingerprint density at radius 3 is 2.89 bits per heavy atom. The summed E-state index contributed by atoms with van der Waals surface area (Å²) in [6, 6.07) is 12.8. The zero-order chi connectivity index (χ0) is 12.4. The Balaban J connectivity index is 2.18. The van der Waals surface area contributed by atoms with Gasteiger partial charge in [-0.2, -0.15) is 11.3 Å². The third-order valence-electron chi connectivity index (χ3n) is 3.16. The summed E-state index contributed by atoms with van der Waals surface area (Å²) in [5.74, 6) is 0. The SMILES string of the molecule is CNC(c1ccsc1)c1cccc2ncccc12. The van der Waals surface area contributed by atoms with Crippen LogP contribution < -0.4 is 5.32 Å². The van der Waals surface area contributed by atoms with Gasteiger partial charge in [-0.05, 0) is 47.1 Å². The van der Waals surface area contributed by atoms with Gasteiger partial charge in [0.25, 0.3) is 0 Å². The van der Waals surface area contributed by atoms with Gasteiger partial charge in [0, 0.05) is 11.6 Å². The quantitative estimate of drug-likeness (QED) is 0.772. The number of rotatable bonds is 3. The molecule has 2 nitrogen and oxygen atoms in total. The molecule has 0 aliphatic heterocycles. The molecule has 1 N–H and O–H groups in total. The molecule has 2 heterocycles. The van der Waals surface area contributed by atoms with Gasteiger partial charge in [0.05, 0.1) is 11.6 Å². The highest BCUT2D eigenvalue weighted by Gasteiger charge is 2.14. The Hall–Kier alpha value is -1.71.